The molecule has 0 atom stereocenters. The molecule has 0 bridgehead atoms. The van der Waals surface area contributed by atoms with Gasteiger partial charge in [0.15, 0.2) is 5.75 Å². The van der Waals surface area contributed by atoms with E-state index < -0.39 is 5.91 Å². The number of amidine groups is 1. The summed E-state index contributed by atoms with van der Waals surface area (Å²) in [6.07, 6.45) is -0.0150. The van der Waals surface area contributed by atoms with E-state index in [4.69, 9.17) is 27.9 Å². The number of ether oxygens (including phenoxy) is 1. The molecule has 0 radical (unpaired) electrons. The highest BCUT2D eigenvalue weighted by Gasteiger charge is 2.27. The van der Waals surface area contributed by atoms with Gasteiger partial charge in [0.1, 0.15) is 5.84 Å². The van der Waals surface area contributed by atoms with E-state index in [-0.39, 0.29) is 34.5 Å². The van der Waals surface area contributed by atoms with Gasteiger partial charge >= 0.3 is 0 Å². The van der Waals surface area contributed by atoms with Gasteiger partial charge in [-0.05, 0) is 31.2 Å². The fourth-order valence-electron chi connectivity index (χ4n) is 2.49. The zero-order valence-corrected chi connectivity index (χ0v) is 15.3. The zero-order chi connectivity index (χ0) is 18.7. The lowest BCUT2D eigenvalue weighted by Gasteiger charge is -2.12. The fraction of sp³-hybridized carbons (Fsp3) is 0.167. The first-order chi connectivity index (χ1) is 12.5. The van der Waals surface area contributed by atoms with Crippen LogP contribution in [0.15, 0.2) is 47.6 Å². The quantitative estimate of drug-likeness (QED) is 0.859. The van der Waals surface area contributed by atoms with Crippen molar-refractivity contribution in [2.24, 2.45) is 5.10 Å². The predicted molar refractivity (Wildman–Crippen MR) is 101 cm³/mol. The van der Waals surface area contributed by atoms with Crippen molar-refractivity contribution in [2.75, 3.05) is 11.6 Å². The number of para-hydroxylation sites is 1. The number of benzene rings is 2. The van der Waals surface area contributed by atoms with Crippen LogP contribution in [0, 0.1) is 0 Å². The number of hydrazone groups is 1. The van der Waals surface area contributed by atoms with Crippen molar-refractivity contribution >= 4 is 46.5 Å². The molecule has 0 unspecified atom stereocenters. The molecule has 6 nitrogen and oxygen atoms in total. The Morgan fingerprint density at radius 3 is 2.69 bits per heavy atom. The number of rotatable bonds is 4. The van der Waals surface area contributed by atoms with Gasteiger partial charge in [-0.3, -0.25) is 9.59 Å². The molecule has 2 aromatic rings. The van der Waals surface area contributed by atoms with Crippen LogP contribution in [0.2, 0.25) is 10.0 Å². The molecule has 1 aliphatic rings. The molecule has 2 aromatic carbocycles. The Bertz CT molecular complexity index is 885. The van der Waals surface area contributed by atoms with Crippen LogP contribution < -0.4 is 15.1 Å². The lowest BCUT2D eigenvalue weighted by atomic mass is 10.2. The molecule has 2 amide bonds. The number of hydrogen-bond donors (Lipinski definition) is 1. The minimum Gasteiger partial charge on any atom is -0.491 e. The summed E-state index contributed by atoms with van der Waals surface area (Å²) < 4.78 is 5.45. The van der Waals surface area contributed by atoms with Gasteiger partial charge in [-0.15, -0.1) is 0 Å². The maximum Gasteiger partial charge on any atom is 0.260 e. The van der Waals surface area contributed by atoms with E-state index in [1.807, 2.05) is 6.07 Å². The summed E-state index contributed by atoms with van der Waals surface area (Å²) in [5.41, 5.74) is 0.806. The number of nitrogens with zero attached hydrogens (tertiary/aromatic N) is 2. The van der Waals surface area contributed by atoms with Crippen LogP contribution in [0.25, 0.3) is 0 Å². The van der Waals surface area contributed by atoms with Gasteiger partial charge in [-0.25, -0.2) is 0 Å². The van der Waals surface area contributed by atoms with E-state index in [0.717, 1.165) is 0 Å². The molecule has 0 saturated heterocycles. The Morgan fingerprint density at radius 1 is 1.27 bits per heavy atom. The van der Waals surface area contributed by atoms with Crippen molar-refractivity contribution in [2.45, 2.75) is 13.3 Å². The molecule has 1 heterocycles. The Kier molecular flexibility index (Phi) is 5.44. The highest BCUT2D eigenvalue weighted by atomic mass is 35.5. The van der Waals surface area contributed by atoms with Crippen LogP contribution in [-0.2, 0) is 4.79 Å². The highest BCUT2D eigenvalue weighted by Crippen LogP contribution is 2.32. The van der Waals surface area contributed by atoms with Crippen molar-refractivity contribution < 1.29 is 14.3 Å². The number of halogens is 2. The molecule has 134 valence electrons. The Hall–Kier alpha value is -2.57. The predicted octanol–water partition coefficient (Wildman–Crippen LogP) is 3.87. The molecule has 0 aromatic heterocycles. The summed E-state index contributed by atoms with van der Waals surface area (Å²) in [6.45, 7) is 2.12. The number of carbonyl (C=O) groups is 2. The van der Waals surface area contributed by atoms with Gasteiger partial charge in [0.05, 0.1) is 29.3 Å². The number of amides is 2. The van der Waals surface area contributed by atoms with E-state index in [9.17, 15) is 9.59 Å². The summed E-state index contributed by atoms with van der Waals surface area (Å²) in [5, 5.41) is 8.61. The van der Waals surface area contributed by atoms with Crippen molar-refractivity contribution in [1.29, 1.82) is 0 Å². The molecule has 1 aliphatic heterocycles. The number of hydrogen-bond acceptors (Lipinski definition) is 4. The average molecular weight is 392 g/mol. The minimum atomic E-state index is -0.501. The van der Waals surface area contributed by atoms with E-state index >= 15 is 0 Å². The molecular weight excluding hydrogens is 377 g/mol. The maximum atomic E-state index is 12.6. The van der Waals surface area contributed by atoms with Gasteiger partial charge < -0.3 is 10.1 Å². The van der Waals surface area contributed by atoms with Crippen molar-refractivity contribution in [3.63, 3.8) is 0 Å². The van der Waals surface area contributed by atoms with E-state index in [1.165, 1.54) is 17.1 Å². The smallest absolute Gasteiger partial charge is 0.260 e. The van der Waals surface area contributed by atoms with Gasteiger partial charge in [-0.1, -0.05) is 41.4 Å². The molecule has 0 aliphatic carbocycles. The Morgan fingerprint density at radius 2 is 2.00 bits per heavy atom. The zero-order valence-electron chi connectivity index (χ0n) is 13.8. The van der Waals surface area contributed by atoms with E-state index in [1.54, 1.807) is 31.2 Å². The molecule has 0 spiro atoms. The van der Waals surface area contributed by atoms with Gasteiger partial charge in [0, 0.05) is 5.02 Å². The molecule has 0 saturated carbocycles. The first kappa shape index (κ1) is 18.2. The van der Waals surface area contributed by atoms with Crippen molar-refractivity contribution in [1.82, 2.24) is 5.32 Å². The van der Waals surface area contributed by atoms with Crippen LogP contribution in [0.4, 0.5) is 5.69 Å². The highest BCUT2D eigenvalue weighted by molar-refractivity contribution is 6.36. The fourth-order valence-corrected chi connectivity index (χ4v) is 3.04. The molecule has 0 fully saturated rings. The van der Waals surface area contributed by atoms with Gasteiger partial charge in [-0.2, -0.15) is 10.1 Å². The second-order valence-corrected chi connectivity index (χ2v) is 6.26. The summed E-state index contributed by atoms with van der Waals surface area (Å²) in [4.78, 5) is 24.8. The van der Waals surface area contributed by atoms with Crippen LogP contribution in [0.5, 0.6) is 5.75 Å². The lowest BCUT2D eigenvalue weighted by Crippen LogP contribution is -2.30. The SMILES string of the molecule is CCOc1c(Cl)cc(Cl)cc1C(=O)NC1=NN(c2ccccc2)C(=O)C1. The number of nitrogens with one attached hydrogen (secondary N) is 1. The molecular formula is C18H15Cl2N3O3. The maximum absolute atomic E-state index is 12.6. The number of anilines is 1. The van der Waals surface area contributed by atoms with Gasteiger partial charge in [0.2, 0.25) is 0 Å². The van der Waals surface area contributed by atoms with Crippen LogP contribution >= 0.6 is 23.2 Å². The van der Waals surface area contributed by atoms with Gasteiger partial charge in [0.25, 0.3) is 11.8 Å². The third-order valence-electron chi connectivity index (χ3n) is 3.58. The first-order valence-electron chi connectivity index (χ1n) is 7.88. The van der Waals surface area contributed by atoms with E-state index in [0.29, 0.717) is 17.3 Å². The van der Waals surface area contributed by atoms with Crippen LogP contribution in [0.3, 0.4) is 0 Å². The van der Waals surface area contributed by atoms with Crippen molar-refractivity contribution in [3.8, 4) is 5.75 Å². The van der Waals surface area contributed by atoms with Crippen molar-refractivity contribution in [3.05, 3.63) is 58.1 Å². The summed E-state index contributed by atoms with van der Waals surface area (Å²) in [7, 11) is 0. The topological polar surface area (TPSA) is 71.0 Å². The second-order valence-electron chi connectivity index (χ2n) is 5.42. The second kappa shape index (κ2) is 7.76. The Balaban J connectivity index is 1.84. The third-order valence-corrected chi connectivity index (χ3v) is 4.07. The third kappa shape index (κ3) is 3.81. The molecule has 1 N–H and O–H groups in total. The first-order valence-corrected chi connectivity index (χ1v) is 8.64. The largest absolute Gasteiger partial charge is 0.491 e. The summed E-state index contributed by atoms with van der Waals surface area (Å²) in [6, 6.07) is 11.9. The van der Waals surface area contributed by atoms with Crippen LogP contribution in [0.1, 0.15) is 23.7 Å². The Labute approximate surface area is 160 Å². The molecule has 3 rings (SSSR count). The van der Waals surface area contributed by atoms with E-state index in [2.05, 4.69) is 10.4 Å². The standard InChI is InChI=1S/C18H15Cl2N3O3/c1-2-26-17-13(8-11(19)9-14(17)20)18(25)21-15-10-16(24)23(22-15)12-6-4-3-5-7-12/h3-9H,2,10H2,1H3,(H,21,22,25). The monoisotopic (exact) mass is 391 g/mol. The number of carbonyl (C=O) groups excluding carboxylic acids is 2. The summed E-state index contributed by atoms with van der Waals surface area (Å²) in [5.74, 6) is -0.261. The summed E-state index contributed by atoms with van der Waals surface area (Å²) >= 11 is 12.1. The lowest BCUT2D eigenvalue weighted by molar-refractivity contribution is -0.116. The normalized spacial score (nSPS) is 13.6. The average Bonchev–Trinajstić information content (AvgIpc) is 2.98. The minimum absolute atomic E-state index is 0.0150. The molecule has 26 heavy (non-hydrogen) atoms. The van der Waals surface area contributed by atoms with Crippen LogP contribution in [-0.4, -0.2) is 24.3 Å². The molecule has 8 heteroatoms.